The van der Waals surface area contributed by atoms with Gasteiger partial charge in [0.1, 0.15) is 5.82 Å². The number of alkyl halides is 3. The van der Waals surface area contributed by atoms with Crippen molar-refractivity contribution in [3.8, 4) is 0 Å². The van der Waals surface area contributed by atoms with Crippen molar-refractivity contribution in [3.63, 3.8) is 0 Å². The fraction of sp³-hybridized carbons (Fsp3) is 0.294. The number of nitro benzene ring substituents is 1. The van der Waals surface area contributed by atoms with Crippen LogP contribution in [0.5, 0.6) is 0 Å². The average Bonchev–Trinajstić information content (AvgIpc) is 2.68. The van der Waals surface area contributed by atoms with E-state index in [-0.39, 0.29) is 5.69 Å². The second-order valence-electron chi connectivity index (χ2n) is 6.11. The van der Waals surface area contributed by atoms with Gasteiger partial charge in [-0.05, 0) is 18.2 Å². The van der Waals surface area contributed by atoms with Crippen LogP contribution < -0.4 is 10.2 Å². The van der Waals surface area contributed by atoms with Gasteiger partial charge in [-0.1, -0.05) is 6.07 Å². The van der Waals surface area contributed by atoms with E-state index in [0.29, 0.717) is 37.7 Å². The summed E-state index contributed by atoms with van der Waals surface area (Å²) in [6.45, 7) is 1.48. The molecule has 2 heterocycles. The van der Waals surface area contributed by atoms with Gasteiger partial charge in [-0.15, -0.1) is 0 Å². The third kappa shape index (κ3) is 4.48. The third-order valence-corrected chi connectivity index (χ3v) is 4.27. The van der Waals surface area contributed by atoms with Gasteiger partial charge in [-0.3, -0.25) is 10.1 Å². The van der Waals surface area contributed by atoms with Crippen molar-refractivity contribution >= 4 is 23.2 Å². The van der Waals surface area contributed by atoms with Crippen molar-refractivity contribution in [1.82, 2.24) is 9.88 Å². The van der Waals surface area contributed by atoms with Gasteiger partial charge in [0.2, 0.25) is 0 Å². The predicted octanol–water partition coefficient (Wildman–Crippen LogP) is 3.36. The van der Waals surface area contributed by atoms with Crippen LogP contribution in [0, 0.1) is 10.1 Å². The molecule has 0 unspecified atom stereocenters. The lowest BCUT2D eigenvalue weighted by atomic mass is 10.2. The number of benzene rings is 1. The number of non-ortho nitro benzene ring substituents is 1. The lowest BCUT2D eigenvalue weighted by Gasteiger charge is -2.35. The van der Waals surface area contributed by atoms with Crippen LogP contribution >= 0.6 is 0 Å². The highest BCUT2D eigenvalue weighted by atomic mass is 19.4. The highest BCUT2D eigenvalue weighted by Gasteiger charge is 2.31. The number of nitrogens with one attached hydrogen (secondary N) is 1. The second-order valence-corrected chi connectivity index (χ2v) is 6.11. The first kappa shape index (κ1) is 19.4. The van der Waals surface area contributed by atoms with Crippen LogP contribution in [0.25, 0.3) is 0 Å². The number of hydrogen-bond donors (Lipinski definition) is 1. The molecule has 0 spiro atoms. The van der Waals surface area contributed by atoms with Gasteiger partial charge < -0.3 is 15.1 Å². The van der Waals surface area contributed by atoms with Gasteiger partial charge in [0.25, 0.3) is 5.69 Å². The highest BCUT2D eigenvalue weighted by Crippen LogP contribution is 2.29. The Labute approximate surface area is 157 Å². The quantitative estimate of drug-likeness (QED) is 0.636. The monoisotopic (exact) mass is 395 g/mol. The molecule has 2 aromatic rings. The fourth-order valence-corrected chi connectivity index (χ4v) is 2.78. The number of urea groups is 1. The van der Waals surface area contributed by atoms with E-state index in [1.165, 1.54) is 29.2 Å². The molecule has 1 aromatic carbocycles. The van der Waals surface area contributed by atoms with Crippen molar-refractivity contribution in [1.29, 1.82) is 0 Å². The van der Waals surface area contributed by atoms with Crippen LogP contribution in [0.4, 0.5) is 35.2 Å². The molecule has 28 heavy (non-hydrogen) atoms. The molecule has 1 saturated heterocycles. The first-order chi connectivity index (χ1) is 13.2. The van der Waals surface area contributed by atoms with Crippen molar-refractivity contribution in [2.45, 2.75) is 6.18 Å². The molecule has 3 rings (SSSR count). The molecule has 8 nitrogen and oxygen atoms in total. The Morgan fingerprint density at radius 2 is 1.86 bits per heavy atom. The predicted molar refractivity (Wildman–Crippen MR) is 95.1 cm³/mol. The number of amides is 2. The molecule has 0 bridgehead atoms. The van der Waals surface area contributed by atoms with Crippen LogP contribution in [0.1, 0.15) is 5.56 Å². The van der Waals surface area contributed by atoms with E-state index < -0.39 is 22.7 Å². The lowest BCUT2D eigenvalue weighted by molar-refractivity contribution is -0.384. The first-order valence-electron chi connectivity index (χ1n) is 8.32. The number of nitro groups is 1. The minimum atomic E-state index is -4.44. The minimum Gasteiger partial charge on any atom is -0.353 e. The Hall–Kier alpha value is -3.37. The van der Waals surface area contributed by atoms with Crippen LogP contribution in [-0.4, -0.2) is 47.0 Å². The number of halogens is 3. The van der Waals surface area contributed by atoms with Gasteiger partial charge in [0.05, 0.1) is 10.5 Å². The summed E-state index contributed by atoms with van der Waals surface area (Å²) in [5.74, 6) is 0.409. The number of anilines is 2. The number of hydrogen-bond acceptors (Lipinski definition) is 5. The number of carbonyl (C=O) groups excluding carboxylic acids is 1. The van der Waals surface area contributed by atoms with Crippen LogP contribution in [-0.2, 0) is 6.18 Å². The standard InChI is InChI=1S/C17H16F3N5O3/c18-17(19,20)12-4-5-15(21-11-12)23-6-8-24(9-7-23)16(26)22-13-2-1-3-14(10-13)25(27)28/h1-5,10-11H,6-9H2,(H,22,26). The largest absolute Gasteiger partial charge is 0.417 e. The minimum absolute atomic E-state index is 0.129. The zero-order chi connectivity index (χ0) is 20.3. The number of nitrogens with zero attached hydrogens (tertiary/aromatic N) is 4. The maximum absolute atomic E-state index is 12.6. The molecule has 1 aromatic heterocycles. The number of rotatable bonds is 3. The van der Waals surface area contributed by atoms with Crippen molar-refractivity contribution in [2.24, 2.45) is 0 Å². The van der Waals surface area contributed by atoms with E-state index in [1.807, 2.05) is 0 Å². The van der Waals surface area contributed by atoms with Gasteiger partial charge >= 0.3 is 12.2 Å². The number of aromatic nitrogens is 1. The van der Waals surface area contributed by atoms with Crippen molar-refractivity contribution in [2.75, 3.05) is 36.4 Å². The average molecular weight is 395 g/mol. The Morgan fingerprint density at radius 3 is 2.43 bits per heavy atom. The normalized spacial score (nSPS) is 14.7. The zero-order valence-corrected chi connectivity index (χ0v) is 14.5. The molecule has 0 radical (unpaired) electrons. The summed E-state index contributed by atoms with van der Waals surface area (Å²) in [4.78, 5) is 29.8. The van der Waals surface area contributed by atoms with Gasteiger partial charge in [0.15, 0.2) is 0 Å². The smallest absolute Gasteiger partial charge is 0.353 e. The van der Waals surface area contributed by atoms with Gasteiger partial charge in [0, 0.05) is 50.2 Å². The summed E-state index contributed by atoms with van der Waals surface area (Å²) in [5.41, 5.74) is -0.631. The summed E-state index contributed by atoms with van der Waals surface area (Å²) < 4.78 is 37.8. The molecule has 11 heteroatoms. The molecular weight excluding hydrogens is 379 g/mol. The molecule has 1 fully saturated rings. The molecule has 0 saturated carbocycles. The molecular formula is C17H16F3N5O3. The molecule has 1 aliphatic rings. The lowest BCUT2D eigenvalue weighted by Crippen LogP contribution is -2.50. The van der Waals surface area contributed by atoms with Crippen LogP contribution in [0.3, 0.4) is 0 Å². The molecule has 2 amide bonds. The third-order valence-electron chi connectivity index (χ3n) is 4.27. The SMILES string of the molecule is O=C(Nc1cccc([N+](=O)[O-])c1)N1CCN(c2ccc(C(F)(F)F)cn2)CC1. The Balaban J connectivity index is 1.57. The van der Waals surface area contributed by atoms with E-state index in [0.717, 1.165) is 12.3 Å². The van der Waals surface area contributed by atoms with Gasteiger partial charge in [-0.2, -0.15) is 13.2 Å². The van der Waals surface area contributed by atoms with Crippen LogP contribution in [0.15, 0.2) is 42.6 Å². The molecule has 1 aliphatic heterocycles. The number of carbonyl (C=O) groups is 1. The second kappa shape index (κ2) is 7.71. The van der Waals surface area contributed by atoms with Gasteiger partial charge in [-0.25, -0.2) is 9.78 Å². The molecule has 0 atom stereocenters. The van der Waals surface area contributed by atoms with Crippen LogP contribution in [0.2, 0.25) is 0 Å². The summed E-state index contributed by atoms with van der Waals surface area (Å²) >= 11 is 0. The van der Waals surface area contributed by atoms with E-state index in [9.17, 15) is 28.1 Å². The van der Waals surface area contributed by atoms with E-state index in [4.69, 9.17) is 0 Å². The molecule has 148 valence electrons. The zero-order valence-electron chi connectivity index (χ0n) is 14.5. The highest BCUT2D eigenvalue weighted by molar-refractivity contribution is 5.89. The Morgan fingerprint density at radius 1 is 1.14 bits per heavy atom. The molecule has 0 aliphatic carbocycles. The Kier molecular flexibility index (Phi) is 5.34. The summed E-state index contributed by atoms with van der Waals surface area (Å²) in [6.07, 6.45) is -3.65. The van der Waals surface area contributed by atoms with E-state index in [1.54, 1.807) is 11.0 Å². The molecule has 1 N–H and O–H groups in total. The topological polar surface area (TPSA) is 91.6 Å². The summed E-state index contributed by atoms with van der Waals surface area (Å²) in [6, 6.07) is 7.49. The van der Waals surface area contributed by atoms with Crippen molar-refractivity contribution in [3.05, 3.63) is 58.3 Å². The van der Waals surface area contributed by atoms with Crippen molar-refractivity contribution < 1.29 is 22.9 Å². The fourth-order valence-electron chi connectivity index (χ4n) is 2.78. The van der Waals surface area contributed by atoms with E-state index in [2.05, 4.69) is 10.3 Å². The van der Waals surface area contributed by atoms with E-state index >= 15 is 0 Å². The Bertz CT molecular complexity index is 865. The number of pyridine rings is 1. The first-order valence-corrected chi connectivity index (χ1v) is 8.32. The summed E-state index contributed by atoms with van der Waals surface area (Å²) in [5, 5.41) is 13.4. The number of piperazine rings is 1. The summed E-state index contributed by atoms with van der Waals surface area (Å²) in [7, 11) is 0. The maximum atomic E-state index is 12.6. The maximum Gasteiger partial charge on any atom is 0.417 e.